The van der Waals surface area contributed by atoms with Crippen LogP contribution >= 0.6 is 23.4 Å². The summed E-state index contributed by atoms with van der Waals surface area (Å²) in [7, 11) is 1.41. The zero-order chi connectivity index (χ0) is 17.3. The monoisotopic (exact) mass is 364 g/mol. The average Bonchev–Trinajstić information content (AvgIpc) is 2.62. The average molecular weight is 365 g/mol. The quantitative estimate of drug-likeness (QED) is 0.528. The summed E-state index contributed by atoms with van der Waals surface area (Å²) >= 11 is 7.49. The smallest absolute Gasteiger partial charge is 0.339 e. The molecule has 0 bridgehead atoms. The normalized spacial score (nSPS) is 13.5. The molecule has 0 fully saturated rings. The van der Waals surface area contributed by atoms with Crippen LogP contribution in [-0.4, -0.2) is 19.3 Å². The van der Waals surface area contributed by atoms with Crippen LogP contribution < -0.4 is 0 Å². The maximum Gasteiger partial charge on any atom is 0.339 e. The number of rotatable bonds is 3. The van der Waals surface area contributed by atoms with Crippen molar-refractivity contribution in [3.8, 4) is 11.1 Å². The number of esters is 1. The molecular weight excluding hydrogens is 347 g/mol. The van der Waals surface area contributed by atoms with Crippen molar-refractivity contribution >= 4 is 29.3 Å². The standard InChI is InChI=1S/C19H18ClFO2S/c1-23-19(22)18-13-6-4-3-5-12(13)14(10-17(18)24-2)11-7-8-16(21)15(20)9-11/h7-10H,3-6H2,1-2H3. The van der Waals surface area contributed by atoms with E-state index >= 15 is 0 Å². The molecule has 2 aromatic carbocycles. The Hall–Kier alpha value is -1.52. The van der Waals surface area contributed by atoms with Gasteiger partial charge in [-0.15, -0.1) is 11.8 Å². The van der Waals surface area contributed by atoms with Crippen LogP contribution in [0.25, 0.3) is 11.1 Å². The third-order valence-corrected chi connectivity index (χ3v) is 5.51. The summed E-state index contributed by atoms with van der Waals surface area (Å²) in [6.07, 6.45) is 5.83. The molecule has 126 valence electrons. The lowest BCUT2D eigenvalue weighted by Gasteiger charge is -2.24. The van der Waals surface area contributed by atoms with Gasteiger partial charge in [-0.1, -0.05) is 17.7 Å². The highest BCUT2D eigenvalue weighted by Crippen LogP contribution is 2.39. The second-order valence-electron chi connectivity index (χ2n) is 5.79. The van der Waals surface area contributed by atoms with Gasteiger partial charge in [0, 0.05) is 4.90 Å². The van der Waals surface area contributed by atoms with Gasteiger partial charge in [0.2, 0.25) is 0 Å². The molecule has 0 aromatic heterocycles. The summed E-state index contributed by atoms with van der Waals surface area (Å²) in [5, 5.41) is 0.111. The maximum absolute atomic E-state index is 13.5. The fourth-order valence-electron chi connectivity index (χ4n) is 3.33. The molecule has 0 heterocycles. The largest absolute Gasteiger partial charge is 0.465 e. The van der Waals surface area contributed by atoms with Gasteiger partial charge < -0.3 is 4.74 Å². The van der Waals surface area contributed by atoms with Crippen molar-refractivity contribution in [3.05, 3.63) is 51.8 Å². The van der Waals surface area contributed by atoms with Crippen LogP contribution in [0.15, 0.2) is 29.2 Å². The Bertz CT molecular complexity index is 804. The van der Waals surface area contributed by atoms with Crippen LogP contribution in [0.3, 0.4) is 0 Å². The molecule has 0 saturated heterocycles. The van der Waals surface area contributed by atoms with E-state index < -0.39 is 5.82 Å². The first kappa shape index (κ1) is 17.3. The molecule has 0 saturated carbocycles. The minimum absolute atomic E-state index is 0.111. The van der Waals surface area contributed by atoms with Gasteiger partial charge in [0.1, 0.15) is 5.82 Å². The molecule has 2 aromatic rings. The molecule has 0 atom stereocenters. The predicted molar refractivity (Wildman–Crippen MR) is 96.6 cm³/mol. The fraction of sp³-hybridized carbons (Fsp3) is 0.316. The van der Waals surface area contributed by atoms with Gasteiger partial charge in [-0.2, -0.15) is 0 Å². The highest BCUT2D eigenvalue weighted by molar-refractivity contribution is 7.98. The Labute approximate surface area is 150 Å². The number of fused-ring (bicyclic) bond motifs is 1. The molecule has 0 spiro atoms. The van der Waals surface area contributed by atoms with Crippen molar-refractivity contribution in [3.63, 3.8) is 0 Å². The molecule has 0 radical (unpaired) electrons. The van der Waals surface area contributed by atoms with E-state index in [-0.39, 0.29) is 11.0 Å². The Morgan fingerprint density at radius 2 is 1.92 bits per heavy atom. The zero-order valence-corrected chi connectivity index (χ0v) is 15.2. The van der Waals surface area contributed by atoms with E-state index in [0.717, 1.165) is 52.8 Å². The Balaban J connectivity index is 2.27. The van der Waals surface area contributed by atoms with E-state index in [1.807, 2.05) is 12.3 Å². The number of halogens is 2. The van der Waals surface area contributed by atoms with Crippen molar-refractivity contribution in [2.24, 2.45) is 0 Å². The highest BCUT2D eigenvalue weighted by Gasteiger charge is 2.25. The van der Waals surface area contributed by atoms with Crippen molar-refractivity contribution in [1.82, 2.24) is 0 Å². The molecule has 1 aliphatic carbocycles. The van der Waals surface area contributed by atoms with E-state index in [2.05, 4.69) is 0 Å². The molecule has 2 nitrogen and oxygen atoms in total. The number of hydrogen-bond donors (Lipinski definition) is 0. The first-order chi connectivity index (χ1) is 11.6. The van der Waals surface area contributed by atoms with Crippen LogP contribution in [0, 0.1) is 5.82 Å². The van der Waals surface area contributed by atoms with Crippen LogP contribution in [-0.2, 0) is 17.6 Å². The summed E-state index contributed by atoms with van der Waals surface area (Å²) in [5.41, 5.74) is 4.81. The number of carbonyl (C=O) groups excluding carboxylic acids is 1. The Morgan fingerprint density at radius 1 is 1.21 bits per heavy atom. The summed E-state index contributed by atoms with van der Waals surface area (Å²) in [6, 6.07) is 6.79. The molecule has 0 N–H and O–H groups in total. The summed E-state index contributed by atoms with van der Waals surface area (Å²) in [4.78, 5) is 13.2. The van der Waals surface area contributed by atoms with Gasteiger partial charge in [0.15, 0.2) is 0 Å². The van der Waals surface area contributed by atoms with E-state index in [0.29, 0.717) is 5.56 Å². The molecule has 1 aliphatic rings. The number of methoxy groups -OCH3 is 1. The molecule has 5 heteroatoms. The topological polar surface area (TPSA) is 26.3 Å². The van der Waals surface area contributed by atoms with Crippen LogP contribution in [0.2, 0.25) is 5.02 Å². The third-order valence-electron chi connectivity index (χ3n) is 4.46. The van der Waals surface area contributed by atoms with Gasteiger partial charge in [-0.3, -0.25) is 0 Å². The van der Waals surface area contributed by atoms with Gasteiger partial charge in [-0.25, -0.2) is 9.18 Å². The second kappa shape index (κ2) is 7.16. The molecule has 0 amide bonds. The minimum atomic E-state index is -0.425. The van der Waals surface area contributed by atoms with E-state index in [4.69, 9.17) is 16.3 Å². The van der Waals surface area contributed by atoms with Crippen molar-refractivity contribution < 1.29 is 13.9 Å². The number of benzene rings is 2. The lowest BCUT2D eigenvalue weighted by atomic mass is 9.83. The highest BCUT2D eigenvalue weighted by atomic mass is 35.5. The molecule has 0 aliphatic heterocycles. The number of thioether (sulfide) groups is 1. The van der Waals surface area contributed by atoms with Gasteiger partial charge in [0.05, 0.1) is 17.7 Å². The molecule has 3 rings (SSSR count). The second-order valence-corrected chi connectivity index (χ2v) is 7.04. The van der Waals surface area contributed by atoms with Crippen LogP contribution in [0.5, 0.6) is 0 Å². The van der Waals surface area contributed by atoms with Gasteiger partial charge in [-0.05, 0) is 72.4 Å². The Morgan fingerprint density at radius 3 is 2.54 bits per heavy atom. The first-order valence-electron chi connectivity index (χ1n) is 7.83. The summed E-state index contributed by atoms with van der Waals surface area (Å²) in [6.45, 7) is 0. The van der Waals surface area contributed by atoms with Crippen molar-refractivity contribution in [2.75, 3.05) is 13.4 Å². The maximum atomic E-state index is 13.5. The van der Waals surface area contributed by atoms with Gasteiger partial charge >= 0.3 is 5.97 Å². The van der Waals surface area contributed by atoms with E-state index in [9.17, 15) is 9.18 Å². The van der Waals surface area contributed by atoms with Crippen molar-refractivity contribution in [2.45, 2.75) is 30.6 Å². The number of carbonyl (C=O) groups is 1. The van der Waals surface area contributed by atoms with Crippen LogP contribution in [0.4, 0.5) is 4.39 Å². The van der Waals surface area contributed by atoms with E-state index in [1.165, 1.54) is 24.9 Å². The fourth-order valence-corrected chi connectivity index (χ4v) is 4.15. The molecular formula is C19H18ClFO2S. The van der Waals surface area contributed by atoms with Crippen molar-refractivity contribution in [1.29, 1.82) is 0 Å². The third kappa shape index (κ3) is 3.05. The lowest BCUT2D eigenvalue weighted by molar-refractivity contribution is 0.0595. The molecule has 0 unspecified atom stereocenters. The molecule has 24 heavy (non-hydrogen) atoms. The number of hydrogen-bond acceptors (Lipinski definition) is 3. The van der Waals surface area contributed by atoms with E-state index in [1.54, 1.807) is 12.1 Å². The van der Waals surface area contributed by atoms with Crippen LogP contribution in [0.1, 0.15) is 34.3 Å². The minimum Gasteiger partial charge on any atom is -0.465 e. The summed E-state index contributed by atoms with van der Waals surface area (Å²) in [5.74, 6) is -0.716. The lowest BCUT2D eigenvalue weighted by Crippen LogP contribution is -2.14. The Kier molecular flexibility index (Phi) is 5.16. The SMILES string of the molecule is COC(=O)c1c(SC)cc(-c2ccc(F)c(Cl)c2)c2c1CCCC2. The predicted octanol–water partition coefficient (Wildman–Crippen LogP) is 5.53. The first-order valence-corrected chi connectivity index (χ1v) is 9.43. The number of ether oxygens (including phenoxy) is 1. The van der Waals surface area contributed by atoms with Gasteiger partial charge in [0.25, 0.3) is 0 Å². The zero-order valence-electron chi connectivity index (χ0n) is 13.6. The summed E-state index contributed by atoms with van der Waals surface area (Å²) < 4.78 is 18.5.